The molecule has 1 atom stereocenters. The number of amides is 1. The molecule has 3 aromatic carbocycles. The predicted molar refractivity (Wildman–Crippen MR) is 138 cm³/mol. The monoisotopic (exact) mass is 492 g/mol. The number of aliphatic carboxylic acids is 1. The molecule has 0 bridgehead atoms. The SMILES string of the molecule is Cc1cccc(Cl)c1C(=O)NC(Cc1ccc(OC2CCN(c3ccccc3)CC2)cc1)C(=O)O. The number of ether oxygens (including phenoxy) is 1. The lowest BCUT2D eigenvalue weighted by Gasteiger charge is -2.33. The van der Waals surface area contributed by atoms with Crippen LogP contribution in [0.5, 0.6) is 5.75 Å². The van der Waals surface area contributed by atoms with E-state index in [1.165, 1.54) is 5.69 Å². The third-order valence-corrected chi connectivity index (χ3v) is 6.60. The van der Waals surface area contributed by atoms with Gasteiger partial charge in [-0.15, -0.1) is 0 Å². The standard InChI is InChI=1S/C28H29ClN2O4/c1-19-6-5-9-24(29)26(19)27(32)30-25(28(33)34)18-20-10-12-22(13-11-20)35-23-14-16-31(17-15-23)21-7-3-2-4-8-21/h2-13,23,25H,14-18H2,1H3,(H,30,32)(H,33,34). The highest BCUT2D eigenvalue weighted by atomic mass is 35.5. The van der Waals surface area contributed by atoms with Crippen LogP contribution < -0.4 is 15.0 Å². The van der Waals surface area contributed by atoms with Gasteiger partial charge in [-0.3, -0.25) is 4.79 Å². The molecule has 7 heteroatoms. The van der Waals surface area contributed by atoms with Crippen molar-refractivity contribution in [2.24, 2.45) is 0 Å². The number of aryl methyl sites for hydroxylation is 1. The van der Waals surface area contributed by atoms with E-state index < -0.39 is 17.9 Å². The Hall–Kier alpha value is -3.51. The average Bonchev–Trinajstić information content (AvgIpc) is 2.85. The number of carbonyl (C=O) groups excluding carboxylic acids is 1. The summed E-state index contributed by atoms with van der Waals surface area (Å²) in [5, 5.41) is 12.6. The molecule has 0 spiro atoms. The van der Waals surface area contributed by atoms with Crippen LogP contribution in [0.1, 0.15) is 34.3 Å². The van der Waals surface area contributed by atoms with Crippen molar-refractivity contribution in [2.45, 2.75) is 38.3 Å². The van der Waals surface area contributed by atoms with Gasteiger partial charge in [0.2, 0.25) is 0 Å². The van der Waals surface area contributed by atoms with E-state index in [0.29, 0.717) is 16.1 Å². The van der Waals surface area contributed by atoms with Gasteiger partial charge in [-0.05, 0) is 48.4 Å². The third-order valence-electron chi connectivity index (χ3n) is 6.28. The van der Waals surface area contributed by atoms with Gasteiger partial charge in [-0.1, -0.05) is 54.1 Å². The summed E-state index contributed by atoms with van der Waals surface area (Å²) < 4.78 is 6.17. The fourth-order valence-corrected chi connectivity index (χ4v) is 4.66. The number of hydrogen-bond donors (Lipinski definition) is 2. The predicted octanol–water partition coefficient (Wildman–Crippen LogP) is 5.12. The zero-order valence-corrected chi connectivity index (χ0v) is 20.4. The van der Waals surface area contributed by atoms with Gasteiger partial charge >= 0.3 is 5.97 Å². The first kappa shape index (κ1) is 24.6. The number of carboxylic acids is 1. The smallest absolute Gasteiger partial charge is 0.326 e. The van der Waals surface area contributed by atoms with Crippen LogP contribution in [0.3, 0.4) is 0 Å². The first-order valence-corrected chi connectivity index (χ1v) is 12.1. The summed E-state index contributed by atoms with van der Waals surface area (Å²) in [5.41, 5.74) is 3.01. The van der Waals surface area contributed by atoms with Gasteiger partial charge in [0.15, 0.2) is 0 Å². The molecule has 182 valence electrons. The van der Waals surface area contributed by atoms with E-state index in [9.17, 15) is 14.7 Å². The van der Waals surface area contributed by atoms with E-state index in [0.717, 1.165) is 37.2 Å². The number of benzene rings is 3. The van der Waals surface area contributed by atoms with Crippen molar-refractivity contribution in [2.75, 3.05) is 18.0 Å². The maximum absolute atomic E-state index is 12.7. The topological polar surface area (TPSA) is 78.9 Å². The van der Waals surface area contributed by atoms with Crippen molar-refractivity contribution in [3.63, 3.8) is 0 Å². The molecule has 1 aliphatic heterocycles. The number of anilines is 1. The Balaban J connectivity index is 1.32. The van der Waals surface area contributed by atoms with E-state index in [-0.39, 0.29) is 12.5 Å². The van der Waals surface area contributed by atoms with Gasteiger partial charge in [0, 0.05) is 38.0 Å². The van der Waals surface area contributed by atoms with E-state index >= 15 is 0 Å². The summed E-state index contributed by atoms with van der Waals surface area (Å²) >= 11 is 6.16. The van der Waals surface area contributed by atoms with E-state index in [1.807, 2.05) is 30.3 Å². The molecular formula is C28H29ClN2O4. The van der Waals surface area contributed by atoms with Crippen LogP contribution >= 0.6 is 11.6 Å². The van der Waals surface area contributed by atoms with Gasteiger partial charge in [-0.2, -0.15) is 0 Å². The van der Waals surface area contributed by atoms with Crippen LogP contribution in [0.4, 0.5) is 5.69 Å². The maximum atomic E-state index is 12.7. The molecule has 1 saturated heterocycles. The third kappa shape index (κ3) is 6.34. The van der Waals surface area contributed by atoms with Crippen molar-refractivity contribution < 1.29 is 19.4 Å². The largest absolute Gasteiger partial charge is 0.490 e. The van der Waals surface area contributed by atoms with Crippen molar-refractivity contribution in [1.29, 1.82) is 0 Å². The van der Waals surface area contributed by atoms with Crippen LogP contribution in [-0.2, 0) is 11.2 Å². The molecule has 6 nitrogen and oxygen atoms in total. The molecule has 35 heavy (non-hydrogen) atoms. The second-order valence-electron chi connectivity index (χ2n) is 8.78. The lowest BCUT2D eigenvalue weighted by Crippen LogP contribution is -2.42. The molecule has 4 rings (SSSR count). The van der Waals surface area contributed by atoms with E-state index in [2.05, 4.69) is 34.5 Å². The van der Waals surface area contributed by atoms with Crippen molar-refractivity contribution in [1.82, 2.24) is 5.32 Å². The first-order valence-electron chi connectivity index (χ1n) is 11.7. The highest BCUT2D eigenvalue weighted by Gasteiger charge is 2.24. The van der Waals surface area contributed by atoms with Gasteiger partial charge in [0.1, 0.15) is 17.9 Å². The number of para-hydroxylation sites is 1. The van der Waals surface area contributed by atoms with Gasteiger partial charge < -0.3 is 20.1 Å². The summed E-state index contributed by atoms with van der Waals surface area (Å²) in [7, 11) is 0. The zero-order chi connectivity index (χ0) is 24.8. The molecule has 1 fully saturated rings. The number of nitrogens with one attached hydrogen (secondary N) is 1. The summed E-state index contributed by atoms with van der Waals surface area (Å²) in [6.45, 7) is 3.65. The number of halogens is 1. The summed E-state index contributed by atoms with van der Waals surface area (Å²) in [6.07, 6.45) is 2.17. The van der Waals surface area contributed by atoms with Crippen molar-refractivity contribution in [3.8, 4) is 5.75 Å². The van der Waals surface area contributed by atoms with Crippen LogP contribution in [0.15, 0.2) is 72.8 Å². The van der Waals surface area contributed by atoms with Gasteiger partial charge in [0.05, 0.1) is 10.6 Å². The Kier molecular flexibility index (Phi) is 7.93. The molecule has 1 heterocycles. The summed E-state index contributed by atoms with van der Waals surface area (Å²) in [5.74, 6) is -0.842. The van der Waals surface area contributed by atoms with Crippen LogP contribution in [0.25, 0.3) is 0 Å². The molecular weight excluding hydrogens is 464 g/mol. The number of carboxylic acid groups (broad SMARTS) is 1. The maximum Gasteiger partial charge on any atom is 0.326 e. The Morgan fingerprint density at radius 3 is 2.34 bits per heavy atom. The fourth-order valence-electron chi connectivity index (χ4n) is 4.35. The summed E-state index contributed by atoms with van der Waals surface area (Å²) in [6, 6.07) is 21.8. The van der Waals surface area contributed by atoms with Crippen LogP contribution in [0, 0.1) is 6.92 Å². The van der Waals surface area contributed by atoms with E-state index in [1.54, 1.807) is 25.1 Å². The minimum Gasteiger partial charge on any atom is -0.490 e. The number of carbonyl (C=O) groups is 2. The Labute approximate surface area is 210 Å². The molecule has 0 saturated carbocycles. The first-order chi connectivity index (χ1) is 16.9. The Morgan fingerprint density at radius 2 is 1.71 bits per heavy atom. The molecule has 3 aromatic rings. The molecule has 2 N–H and O–H groups in total. The number of nitrogens with zero attached hydrogens (tertiary/aromatic N) is 1. The summed E-state index contributed by atoms with van der Waals surface area (Å²) in [4.78, 5) is 26.9. The normalized spacial score (nSPS) is 14.9. The second kappa shape index (κ2) is 11.3. The quantitative estimate of drug-likeness (QED) is 0.456. The average molecular weight is 493 g/mol. The van der Waals surface area contributed by atoms with Gasteiger partial charge in [0.25, 0.3) is 5.91 Å². The van der Waals surface area contributed by atoms with Crippen LogP contribution in [-0.4, -0.2) is 42.2 Å². The highest BCUT2D eigenvalue weighted by molar-refractivity contribution is 6.34. The highest BCUT2D eigenvalue weighted by Crippen LogP contribution is 2.24. The molecule has 1 aliphatic rings. The molecule has 1 amide bonds. The number of piperidine rings is 1. The number of rotatable bonds is 8. The fraction of sp³-hybridized carbons (Fsp3) is 0.286. The molecule has 0 aliphatic carbocycles. The van der Waals surface area contributed by atoms with Crippen molar-refractivity contribution >= 4 is 29.2 Å². The Morgan fingerprint density at radius 1 is 1.03 bits per heavy atom. The lowest BCUT2D eigenvalue weighted by atomic mass is 10.0. The van der Waals surface area contributed by atoms with Crippen LogP contribution in [0.2, 0.25) is 5.02 Å². The second-order valence-corrected chi connectivity index (χ2v) is 9.19. The minimum atomic E-state index is -1.10. The molecule has 0 aromatic heterocycles. The van der Waals surface area contributed by atoms with E-state index in [4.69, 9.17) is 16.3 Å². The lowest BCUT2D eigenvalue weighted by molar-refractivity contribution is -0.139. The zero-order valence-electron chi connectivity index (χ0n) is 19.6. The minimum absolute atomic E-state index is 0.144. The molecule has 1 unspecified atom stereocenters. The van der Waals surface area contributed by atoms with Crippen molar-refractivity contribution in [3.05, 3.63) is 94.5 Å². The Bertz CT molecular complexity index is 1140. The van der Waals surface area contributed by atoms with Gasteiger partial charge in [-0.25, -0.2) is 4.79 Å². The number of hydrogen-bond acceptors (Lipinski definition) is 4. The molecule has 0 radical (unpaired) electrons.